The number of hydrogen-bond donors (Lipinski definition) is 0. The number of hydrogen-bond acceptors (Lipinski definition) is 5. The monoisotopic (exact) mass is 257 g/mol. The standard InChI is InChI=1S/C12H11N5S/c1-17-7-14-16-12(17)18-11-9(6-13)5-8-3-2-4-10(8)15-11/h5,7H,2-4H2,1H3. The van der Waals surface area contributed by atoms with Crippen LogP contribution >= 0.6 is 11.8 Å². The quantitative estimate of drug-likeness (QED) is 0.819. The van der Waals surface area contributed by atoms with Crippen LogP contribution in [-0.2, 0) is 19.9 Å². The van der Waals surface area contributed by atoms with E-state index >= 15 is 0 Å². The van der Waals surface area contributed by atoms with E-state index in [0.717, 1.165) is 35.1 Å². The van der Waals surface area contributed by atoms with E-state index in [4.69, 9.17) is 0 Å². The summed E-state index contributed by atoms with van der Waals surface area (Å²) >= 11 is 1.39. The Bertz CT molecular complexity index is 640. The summed E-state index contributed by atoms with van der Waals surface area (Å²) in [6, 6.07) is 4.18. The highest BCUT2D eigenvalue weighted by molar-refractivity contribution is 7.99. The van der Waals surface area contributed by atoms with Crippen LogP contribution in [-0.4, -0.2) is 19.7 Å². The molecule has 0 fully saturated rings. The number of aromatic nitrogens is 4. The second-order valence-electron chi connectivity index (χ2n) is 4.24. The summed E-state index contributed by atoms with van der Waals surface area (Å²) in [7, 11) is 1.88. The lowest BCUT2D eigenvalue weighted by molar-refractivity contribution is 0.786. The van der Waals surface area contributed by atoms with Crippen LogP contribution < -0.4 is 0 Å². The van der Waals surface area contributed by atoms with E-state index < -0.39 is 0 Å². The maximum absolute atomic E-state index is 9.20. The first kappa shape index (κ1) is 11.2. The molecule has 5 nitrogen and oxygen atoms in total. The molecule has 2 aromatic heterocycles. The zero-order valence-corrected chi connectivity index (χ0v) is 10.7. The Hall–Kier alpha value is -1.87. The van der Waals surface area contributed by atoms with Gasteiger partial charge < -0.3 is 4.57 Å². The molecule has 3 rings (SSSR count). The van der Waals surface area contributed by atoms with Crippen LogP contribution in [0.4, 0.5) is 0 Å². The molecule has 0 bridgehead atoms. The molecule has 90 valence electrons. The zero-order valence-electron chi connectivity index (χ0n) is 9.92. The van der Waals surface area contributed by atoms with Crippen LogP contribution in [0.1, 0.15) is 23.2 Å². The van der Waals surface area contributed by atoms with Gasteiger partial charge in [0.25, 0.3) is 0 Å². The van der Waals surface area contributed by atoms with Gasteiger partial charge in [0.1, 0.15) is 17.4 Å². The highest BCUT2D eigenvalue weighted by atomic mass is 32.2. The van der Waals surface area contributed by atoms with Crippen molar-refractivity contribution < 1.29 is 0 Å². The Morgan fingerprint density at radius 1 is 1.44 bits per heavy atom. The molecule has 0 N–H and O–H groups in total. The van der Waals surface area contributed by atoms with Crippen molar-refractivity contribution in [1.29, 1.82) is 5.26 Å². The molecule has 18 heavy (non-hydrogen) atoms. The van der Waals surface area contributed by atoms with E-state index in [2.05, 4.69) is 21.3 Å². The number of fused-ring (bicyclic) bond motifs is 1. The van der Waals surface area contributed by atoms with Crippen molar-refractivity contribution >= 4 is 11.8 Å². The third kappa shape index (κ3) is 1.87. The summed E-state index contributed by atoms with van der Waals surface area (Å²) in [6.07, 6.45) is 4.81. The maximum atomic E-state index is 9.20. The van der Waals surface area contributed by atoms with E-state index in [1.165, 1.54) is 17.3 Å². The van der Waals surface area contributed by atoms with Gasteiger partial charge in [-0.25, -0.2) is 4.98 Å². The molecule has 0 amide bonds. The maximum Gasteiger partial charge on any atom is 0.197 e. The average molecular weight is 257 g/mol. The SMILES string of the molecule is Cn1cnnc1Sc1nc2c(cc1C#N)CCC2. The Balaban J connectivity index is 2.02. The highest BCUT2D eigenvalue weighted by Gasteiger charge is 2.18. The lowest BCUT2D eigenvalue weighted by atomic mass is 10.2. The van der Waals surface area contributed by atoms with Crippen LogP contribution in [0.15, 0.2) is 22.6 Å². The van der Waals surface area contributed by atoms with Crippen molar-refractivity contribution in [3.05, 3.63) is 29.2 Å². The molecule has 0 aromatic carbocycles. The van der Waals surface area contributed by atoms with Gasteiger partial charge in [-0.05, 0) is 42.7 Å². The van der Waals surface area contributed by atoms with Crippen LogP contribution in [0.25, 0.3) is 0 Å². The summed E-state index contributed by atoms with van der Waals surface area (Å²) in [5, 5.41) is 18.5. The molecule has 0 saturated heterocycles. The Morgan fingerprint density at radius 3 is 3.06 bits per heavy atom. The molecule has 2 heterocycles. The van der Waals surface area contributed by atoms with Gasteiger partial charge in [-0.1, -0.05) is 0 Å². The lowest BCUT2D eigenvalue weighted by Crippen LogP contribution is -1.96. The third-order valence-electron chi connectivity index (χ3n) is 2.99. The normalized spacial score (nSPS) is 13.3. The first-order valence-electron chi connectivity index (χ1n) is 5.72. The molecule has 0 radical (unpaired) electrons. The minimum absolute atomic E-state index is 0.628. The van der Waals surface area contributed by atoms with Crippen molar-refractivity contribution in [3.8, 4) is 6.07 Å². The predicted molar refractivity (Wildman–Crippen MR) is 66.1 cm³/mol. The fourth-order valence-electron chi connectivity index (χ4n) is 2.06. The average Bonchev–Trinajstić information content (AvgIpc) is 2.98. The first-order chi connectivity index (χ1) is 8.78. The molecule has 0 atom stereocenters. The third-order valence-corrected chi connectivity index (χ3v) is 4.05. The van der Waals surface area contributed by atoms with Crippen LogP contribution in [0.5, 0.6) is 0 Å². The largest absolute Gasteiger partial charge is 0.311 e. The van der Waals surface area contributed by atoms with Gasteiger partial charge in [-0.3, -0.25) is 0 Å². The highest BCUT2D eigenvalue weighted by Crippen LogP contribution is 2.30. The predicted octanol–water partition coefficient (Wildman–Crippen LogP) is 1.72. The van der Waals surface area contributed by atoms with E-state index in [1.807, 2.05) is 17.7 Å². The lowest BCUT2D eigenvalue weighted by Gasteiger charge is -2.05. The van der Waals surface area contributed by atoms with E-state index in [1.54, 1.807) is 6.33 Å². The minimum atomic E-state index is 0.628. The summed E-state index contributed by atoms with van der Waals surface area (Å²) in [6.45, 7) is 0. The van der Waals surface area contributed by atoms with Gasteiger partial charge in [-0.15, -0.1) is 10.2 Å². The number of nitriles is 1. The van der Waals surface area contributed by atoms with E-state index in [-0.39, 0.29) is 0 Å². The second kappa shape index (κ2) is 4.42. The van der Waals surface area contributed by atoms with Gasteiger partial charge in [-0.2, -0.15) is 5.26 Å². The van der Waals surface area contributed by atoms with Gasteiger partial charge >= 0.3 is 0 Å². The Morgan fingerprint density at radius 2 is 2.33 bits per heavy atom. The minimum Gasteiger partial charge on any atom is -0.311 e. The summed E-state index contributed by atoms with van der Waals surface area (Å²) in [5.41, 5.74) is 2.97. The molecule has 6 heteroatoms. The van der Waals surface area contributed by atoms with Gasteiger partial charge in [0, 0.05) is 12.7 Å². The molecule has 2 aromatic rings. The summed E-state index contributed by atoms with van der Waals surface area (Å²) in [5.74, 6) is 0. The number of aryl methyl sites for hydroxylation is 3. The van der Waals surface area contributed by atoms with Crippen LogP contribution in [0, 0.1) is 11.3 Å². The number of rotatable bonds is 2. The molecule has 1 aliphatic carbocycles. The topological polar surface area (TPSA) is 67.4 Å². The fraction of sp³-hybridized carbons (Fsp3) is 0.333. The molecule has 0 saturated carbocycles. The first-order valence-corrected chi connectivity index (χ1v) is 6.54. The van der Waals surface area contributed by atoms with Gasteiger partial charge in [0.2, 0.25) is 0 Å². The van der Waals surface area contributed by atoms with E-state index in [9.17, 15) is 5.26 Å². The smallest absolute Gasteiger partial charge is 0.197 e. The molecule has 1 aliphatic rings. The summed E-state index contributed by atoms with van der Waals surface area (Å²) < 4.78 is 1.82. The van der Waals surface area contributed by atoms with Crippen LogP contribution in [0.2, 0.25) is 0 Å². The van der Waals surface area contributed by atoms with Crippen molar-refractivity contribution in [2.45, 2.75) is 29.4 Å². The molecular formula is C12H11N5S. The van der Waals surface area contributed by atoms with Crippen molar-refractivity contribution in [2.75, 3.05) is 0 Å². The number of nitrogens with zero attached hydrogens (tertiary/aromatic N) is 5. The Kier molecular flexibility index (Phi) is 2.76. The van der Waals surface area contributed by atoms with Crippen molar-refractivity contribution in [2.24, 2.45) is 7.05 Å². The molecule has 0 aliphatic heterocycles. The second-order valence-corrected chi connectivity index (χ2v) is 5.19. The number of pyridine rings is 1. The molecule has 0 unspecified atom stereocenters. The van der Waals surface area contributed by atoms with Gasteiger partial charge in [0.15, 0.2) is 5.16 Å². The fourth-order valence-corrected chi connectivity index (χ4v) is 2.88. The van der Waals surface area contributed by atoms with Crippen molar-refractivity contribution in [3.63, 3.8) is 0 Å². The van der Waals surface area contributed by atoms with Crippen LogP contribution in [0.3, 0.4) is 0 Å². The van der Waals surface area contributed by atoms with Gasteiger partial charge in [0.05, 0.1) is 5.56 Å². The molecule has 0 spiro atoms. The molecular weight excluding hydrogens is 246 g/mol. The van der Waals surface area contributed by atoms with Crippen molar-refractivity contribution in [1.82, 2.24) is 19.7 Å². The summed E-state index contributed by atoms with van der Waals surface area (Å²) in [4.78, 5) is 4.60. The van der Waals surface area contributed by atoms with E-state index in [0.29, 0.717) is 5.56 Å². The Labute approximate surface area is 109 Å². The zero-order chi connectivity index (χ0) is 12.5.